The van der Waals surface area contributed by atoms with Crippen LogP contribution in [0, 0.1) is 36.5 Å². The molecule has 1 amide bonds. The van der Waals surface area contributed by atoms with Gasteiger partial charge in [0.1, 0.15) is 24.0 Å². The normalized spacial score (nSPS) is 15.2. The zero-order chi connectivity index (χ0) is 25.5. The summed E-state index contributed by atoms with van der Waals surface area (Å²) in [5.41, 5.74) is 5.37. The molecular weight excluding hydrogens is 452 g/mol. The Bertz CT molecular complexity index is 1330. The summed E-state index contributed by atoms with van der Waals surface area (Å²) in [5, 5.41) is 21.3. The average molecular weight is 481 g/mol. The number of nitrogens with zero attached hydrogens (tertiary/aromatic N) is 3. The maximum absolute atomic E-state index is 12.5. The highest BCUT2D eigenvalue weighted by Crippen LogP contribution is 2.25. The Hall–Kier alpha value is -4.33. The van der Waals surface area contributed by atoms with Crippen molar-refractivity contribution in [3.63, 3.8) is 0 Å². The lowest BCUT2D eigenvalue weighted by Crippen LogP contribution is -2.32. The van der Waals surface area contributed by atoms with Crippen molar-refractivity contribution in [3.8, 4) is 23.6 Å². The van der Waals surface area contributed by atoms with Gasteiger partial charge in [-0.2, -0.15) is 10.5 Å². The highest BCUT2D eigenvalue weighted by molar-refractivity contribution is 6.01. The van der Waals surface area contributed by atoms with Gasteiger partial charge < -0.3 is 19.4 Å². The van der Waals surface area contributed by atoms with Crippen LogP contribution in [-0.4, -0.2) is 29.7 Å². The van der Waals surface area contributed by atoms with E-state index in [0.717, 1.165) is 53.4 Å². The molecule has 0 spiro atoms. The lowest BCUT2D eigenvalue weighted by molar-refractivity contribution is -0.117. The minimum Gasteiger partial charge on any atom is -0.489 e. The fourth-order valence-electron chi connectivity index (χ4n) is 4.28. The fourth-order valence-corrected chi connectivity index (χ4v) is 4.28. The topological polar surface area (TPSA) is 100 Å². The van der Waals surface area contributed by atoms with Gasteiger partial charge in [-0.05, 0) is 86.4 Å². The first-order valence-electron chi connectivity index (χ1n) is 11.9. The second-order valence-corrected chi connectivity index (χ2v) is 8.77. The molecule has 1 fully saturated rings. The molecule has 0 aliphatic carbocycles. The first-order valence-corrected chi connectivity index (χ1v) is 11.9. The van der Waals surface area contributed by atoms with Gasteiger partial charge in [0.15, 0.2) is 0 Å². The van der Waals surface area contributed by atoms with E-state index in [1.807, 2.05) is 62.4 Å². The quantitative estimate of drug-likeness (QED) is 0.371. The number of rotatable bonds is 8. The SMILES string of the molecule is Cc1cc(/C=C(\C#N)C(=O)NC[C@@H]2CCCO2)c(C)n1-c1ccc(OCc2ccc(C#N)cc2)cc1. The molecule has 0 bridgehead atoms. The Labute approximate surface area is 211 Å². The summed E-state index contributed by atoms with van der Waals surface area (Å²) in [6.45, 7) is 5.50. The van der Waals surface area contributed by atoms with Gasteiger partial charge in [-0.15, -0.1) is 0 Å². The van der Waals surface area contributed by atoms with Crippen LogP contribution in [0.15, 0.2) is 60.2 Å². The lowest BCUT2D eigenvalue weighted by atomic mass is 10.1. The third-order valence-electron chi connectivity index (χ3n) is 6.23. The van der Waals surface area contributed by atoms with Gasteiger partial charge >= 0.3 is 0 Å². The largest absolute Gasteiger partial charge is 0.489 e. The number of nitriles is 2. The Balaban J connectivity index is 1.44. The molecule has 4 rings (SSSR count). The van der Waals surface area contributed by atoms with Crippen molar-refractivity contribution < 1.29 is 14.3 Å². The van der Waals surface area contributed by atoms with Crippen LogP contribution in [0.4, 0.5) is 0 Å². The number of hydrogen-bond acceptors (Lipinski definition) is 5. The van der Waals surface area contributed by atoms with Crippen LogP contribution in [0.3, 0.4) is 0 Å². The average Bonchev–Trinajstić information content (AvgIpc) is 3.52. The van der Waals surface area contributed by atoms with Crippen LogP contribution >= 0.6 is 0 Å². The molecule has 1 atom stereocenters. The Morgan fingerprint density at radius 2 is 1.92 bits per heavy atom. The van der Waals surface area contributed by atoms with Crippen LogP contribution in [-0.2, 0) is 16.1 Å². The van der Waals surface area contributed by atoms with Crippen molar-refractivity contribution in [1.82, 2.24) is 9.88 Å². The smallest absolute Gasteiger partial charge is 0.262 e. The molecule has 1 N–H and O–H groups in total. The van der Waals surface area contributed by atoms with Crippen molar-refractivity contribution in [2.75, 3.05) is 13.2 Å². The van der Waals surface area contributed by atoms with E-state index in [9.17, 15) is 10.1 Å². The molecule has 0 unspecified atom stereocenters. The Kier molecular flexibility index (Phi) is 7.85. The molecule has 1 aliphatic heterocycles. The number of benzene rings is 2. The van der Waals surface area contributed by atoms with Gasteiger partial charge in [-0.25, -0.2) is 0 Å². The molecule has 2 aromatic carbocycles. The summed E-state index contributed by atoms with van der Waals surface area (Å²) in [6.07, 6.45) is 3.58. The van der Waals surface area contributed by atoms with Crippen molar-refractivity contribution in [3.05, 3.63) is 88.2 Å². The summed E-state index contributed by atoms with van der Waals surface area (Å²) < 4.78 is 13.5. The van der Waals surface area contributed by atoms with Crippen LogP contribution in [0.1, 0.15) is 40.9 Å². The van der Waals surface area contributed by atoms with E-state index in [4.69, 9.17) is 14.7 Å². The van der Waals surface area contributed by atoms with Crippen molar-refractivity contribution >= 4 is 12.0 Å². The summed E-state index contributed by atoms with van der Waals surface area (Å²) in [7, 11) is 0. The highest BCUT2D eigenvalue weighted by atomic mass is 16.5. The summed E-state index contributed by atoms with van der Waals surface area (Å²) in [4.78, 5) is 12.5. The number of amides is 1. The molecule has 0 radical (unpaired) electrons. The predicted molar refractivity (Wildman–Crippen MR) is 136 cm³/mol. The molecule has 0 saturated carbocycles. The molecular formula is C29H28N4O3. The minimum absolute atomic E-state index is 0.0232. The zero-order valence-electron chi connectivity index (χ0n) is 20.5. The highest BCUT2D eigenvalue weighted by Gasteiger charge is 2.18. The van der Waals surface area contributed by atoms with Crippen LogP contribution in [0.2, 0.25) is 0 Å². The Morgan fingerprint density at radius 1 is 1.17 bits per heavy atom. The molecule has 2 heterocycles. The number of hydrogen-bond donors (Lipinski definition) is 1. The van der Waals surface area contributed by atoms with Crippen LogP contribution < -0.4 is 10.1 Å². The van der Waals surface area contributed by atoms with E-state index in [1.165, 1.54) is 0 Å². The number of aromatic nitrogens is 1. The zero-order valence-corrected chi connectivity index (χ0v) is 20.5. The van der Waals surface area contributed by atoms with Crippen LogP contribution in [0.5, 0.6) is 5.75 Å². The molecule has 36 heavy (non-hydrogen) atoms. The third-order valence-corrected chi connectivity index (χ3v) is 6.23. The second-order valence-electron chi connectivity index (χ2n) is 8.77. The van der Waals surface area contributed by atoms with Gasteiger partial charge in [0.05, 0.1) is 17.7 Å². The standard InChI is InChI=1S/C29H28N4O3/c1-20-14-24(15-25(17-31)29(34)32-18-28-4-3-13-35-28)21(2)33(20)26-9-11-27(12-10-26)36-19-23-7-5-22(16-30)6-8-23/h5-12,14-15,28H,3-4,13,18-19H2,1-2H3,(H,32,34)/b25-15+/t28-/m0/s1. The van der Waals surface area contributed by atoms with Crippen LogP contribution in [0.25, 0.3) is 11.8 Å². The van der Waals surface area contributed by atoms with Gasteiger partial charge in [0.2, 0.25) is 0 Å². The fraction of sp³-hybridized carbons (Fsp3) is 0.276. The van der Waals surface area contributed by atoms with E-state index in [-0.39, 0.29) is 17.6 Å². The van der Waals surface area contributed by atoms with E-state index < -0.39 is 0 Å². The molecule has 7 heteroatoms. The van der Waals surface area contributed by atoms with Crippen molar-refractivity contribution in [2.24, 2.45) is 0 Å². The van der Waals surface area contributed by atoms with Gasteiger partial charge in [-0.3, -0.25) is 4.79 Å². The third kappa shape index (κ3) is 5.83. The molecule has 1 saturated heterocycles. The monoisotopic (exact) mass is 480 g/mol. The van der Waals surface area contributed by atoms with Gasteiger partial charge in [0.25, 0.3) is 5.91 Å². The minimum atomic E-state index is -0.387. The van der Waals surface area contributed by atoms with Crippen molar-refractivity contribution in [1.29, 1.82) is 10.5 Å². The van der Waals surface area contributed by atoms with Gasteiger partial charge in [0, 0.05) is 30.2 Å². The van der Waals surface area contributed by atoms with Gasteiger partial charge in [-0.1, -0.05) is 12.1 Å². The predicted octanol–water partition coefficient (Wildman–Crippen LogP) is 4.75. The molecule has 1 aromatic heterocycles. The summed E-state index contributed by atoms with van der Waals surface area (Å²) >= 11 is 0. The first-order chi connectivity index (χ1) is 17.5. The van der Waals surface area contributed by atoms with E-state index in [2.05, 4.69) is 16.0 Å². The lowest BCUT2D eigenvalue weighted by Gasteiger charge is -2.12. The van der Waals surface area contributed by atoms with E-state index in [1.54, 1.807) is 18.2 Å². The molecule has 3 aromatic rings. The molecule has 1 aliphatic rings. The number of nitrogens with one attached hydrogen (secondary N) is 1. The Morgan fingerprint density at radius 3 is 2.56 bits per heavy atom. The van der Waals surface area contributed by atoms with Crippen molar-refractivity contribution in [2.45, 2.75) is 39.4 Å². The number of carbonyl (C=O) groups excluding carboxylic acids is 1. The van der Waals surface area contributed by atoms with E-state index in [0.29, 0.717) is 18.7 Å². The number of aryl methyl sites for hydroxylation is 1. The number of ether oxygens (including phenoxy) is 2. The maximum Gasteiger partial charge on any atom is 0.262 e. The summed E-state index contributed by atoms with van der Waals surface area (Å²) in [6, 6.07) is 21.2. The number of carbonyl (C=O) groups is 1. The van der Waals surface area contributed by atoms with E-state index >= 15 is 0 Å². The maximum atomic E-state index is 12.5. The second kappa shape index (κ2) is 11.4. The molecule has 7 nitrogen and oxygen atoms in total. The summed E-state index contributed by atoms with van der Waals surface area (Å²) in [5.74, 6) is 0.349. The first kappa shape index (κ1) is 24.8. The molecule has 182 valence electrons.